The molecule has 106 valence electrons. The topological polar surface area (TPSA) is 24.5 Å². The van der Waals surface area contributed by atoms with Gasteiger partial charge in [-0.2, -0.15) is 0 Å². The minimum absolute atomic E-state index is 0.384. The summed E-state index contributed by atoms with van der Waals surface area (Å²) in [6, 6.07) is 6.63. The van der Waals surface area contributed by atoms with Crippen LogP contribution in [0.25, 0.3) is 0 Å². The smallest absolute Gasteiger partial charge is 0.0750 e. The predicted molar refractivity (Wildman–Crippen MR) is 83.8 cm³/mol. The van der Waals surface area contributed by atoms with Crippen molar-refractivity contribution in [2.45, 2.75) is 32.4 Å². The first-order valence-corrected chi connectivity index (χ1v) is 7.83. The van der Waals surface area contributed by atoms with Gasteiger partial charge in [0.25, 0.3) is 0 Å². The number of hydrogen-bond donors (Lipinski definition) is 1. The highest BCUT2D eigenvalue weighted by Gasteiger charge is 2.20. The molecule has 2 rings (SSSR count). The zero-order chi connectivity index (χ0) is 13.7. The van der Waals surface area contributed by atoms with Gasteiger partial charge in [0.2, 0.25) is 0 Å². The summed E-state index contributed by atoms with van der Waals surface area (Å²) in [4.78, 5) is 2.43. The molecule has 0 amide bonds. The van der Waals surface area contributed by atoms with Gasteiger partial charge in [-0.1, -0.05) is 22.0 Å². The number of nitrogens with zero attached hydrogens (tertiary/aromatic N) is 1. The predicted octanol–water partition coefficient (Wildman–Crippen LogP) is 3.17. The fourth-order valence-electron chi connectivity index (χ4n) is 2.61. The van der Waals surface area contributed by atoms with E-state index in [1.165, 1.54) is 28.6 Å². The average molecular weight is 327 g/mol. The van der Waals surface area contributed by atoms with Gasteiger partial charge in [0, 0.05) is 36.4 Å². The minimum atomic E-state index is 0.384. The van der Waals surface area contributed by atoms with Crippen molar-refractivity contribution in [3.8, 4) is 0 Å². The third kappa shape index (κ3) is 3.94. The molecule has 3 nitrogen and oxygen atoms in total. The molecule has 0 spiro atoms. The fraction of sp³-hybridized carbons (Fsp3) is 0.600. The number of halogens is 1. The molecule has 19 heavy (non-hydrogen) atoms. The molecule has 0 bridgehead atoms. The van der Waals surface area contributed by atoms with Crippen molar-refractivity contribution in [2.24, 2.45) is 0 Å². The minimum Gasteiger partial charge on any atom is -0.377 e. The van der Waals surface area contributed by atoms with Crippen LogP contribution >= 0.6 is 15.9 Å². The Morgan fingerprint density at radius 3 is 3.00 bits per heavy atom. The third-order valence-corrected chi connectivity index (χ3v) is 4.29. The molecule has 1 aliphatic rings. The van der Waals surface area contributed by atoms with Crippen molar-refractivity contribution in [2.75, 3.05) is 31.6 Å². The van der Waals surface area contributed by atoms with Crippen molar-refractivity contribution >= 4 is 21.6 Å². The highest BCUT2D eigenvalue weighted by Crippen LogP contribution is 2.27. The van der Waals surface area contributed by atoms with Crippen molar-refractivity contribution < 1.29 is 4.74 Å². The Kier molecular flexibility index (Phi) is 5.67. The molecule has 1 aromatic carbocycles. The van der Waals surface area contributed by atoms with Crippen LogP contribution in [-0.2, 0) is 11.3 Å². The van der Waals surface area contributed by atoms with Crippen LogP contribution in [0.4, 0.5) is 5.69 Å². The Hall–Kier alpha value is -0.580. The summed E-state index contributed by atoms with van der Waals surface area (Å²) in [5.41, 5.74) is 2.58. The molecular formula is C15H23BrN2O. The van der Waals surface area contributed by atoms with Crippen LogP contribution in [0.3, 0.4) is 0 Å². The molecule has 0 saturated carbocycles. The Morgan fingerprint density at radius 2 is 2.32 bits per heavy atom. The van der Waals surface area contributed by atoms with Gasteiger partial charge in [0.15, 0.2) is 0 Å². The monoisotopic (exact) mass is 326 g/mol. The van der Waals surface area contributed by atoms with Gasteiger partial charge >= 0.3 is 0 Å². The quantitative estimate of drug-likeness (QED) is 0.899. The lowest BCUT2D eigenvalue weighted by atomic mass is 10.1. The molecule has 1 unspecified atom stereocenters. The van der Waals surface area contributed by atoms with E-state index in [4.69, 9.17) is 4.74 Å². The average Bonchev–Trinajstić information content (AvgIpc) is 2.42. The van der Waals surface area contributed by atoms with Crippen molar-refractivity contribution in [1.29, 1.82) is 0 Å². The Bertz CT molecular complexity index is 409. The fourth-order valence-corrected chi connectivity index (χ4v) is 3.12. The van der Waals surface area contributed by atoms with E-state index >= 15 is 0 Å². The molecule has 1 atom stereocenters. The van der Waals surface area contributed by atoms with E-state index in [0.29, 0.717) is 6.10 Å². The lowest BCUT2D eigenvalue weighted by Gasteiger charge is -2.34. The molecular weight excluding hydrogens is 304 g/mol. The highest BCUT2D eigenvalue weighted by molar-refractivity contribution is 9.10. The van der Waals surface area contributed by atoms with Crippen molar-refractivity contribution in [1.82, 2.24) is 5.32 Å². The van der Waals surface area contributed by atoms with E-state index in [2.05, 4.69) is 51.3 Å². The standard InChI is InChI=1S/C15H23BrN2O/c1-3-19-14-5-4-8-18(11-14)13-7-6-12(10-17-2)15(16)9-13/h6-7,9,14,17H,3-5,8,10-11H2,1-2H3. The zero-order valence-corrected chi connectivity index (χ0v) is 13.4. The van der Waals surface area contributed by atoms with E-state index in [1.807, 2.05) is 7.05 Å². The zero-order valence-electron chi connectivity index (χ0n) is 11.8. The Labute approximate surface area is 124 Å². The maximum absolute atomic E-state index is 5.76. The van der Waals surface area contributed by atoms with E-state index < -0.39 is 0 Å². The summed E-state index contributed by atoms with van der Waals surface area (Å²) in [6.45, 7) is 5.90. The number of rotatable bonds is 5. The third-order valence-electron chi connectivity index (χ3n) is 3.55. The number of hydrogen-bond acceptors (Lipinski definition) is 3. The maximum atomic E-state index is 5.76. The highest BCUT2D eigenvalue weighted by atomic mass is 79.9. The largest absolute Gasteiger partial charge is 0.377 e. The van der Waals surface area contributed by atoms with Gasteiger partial charge in [0.05, 0.1) is 6.10 Å². The first kappa shape index (κ1) is 14.8. The van der Waals surface area contributed by atoms with Crippen LogP contribution in [0.1, 0.15) is 25.3 Å². The van der Waals surface area contributed by atoms with Crippen LogP contribution in [0.5, 0.6) is 0 Å². The summed E-state index contributed by atoms with van der Waals surface area (Å²) < 4.78 is 6.94. The molecule has 1 saturated heterocycles. The van der Waals surface area contributed by atoms with Gasteiger partial charge in [-0.3, -0.25) is 0 Å². The van der Waals surface area contributed by atoms with Crippen LogP contribution < -0.4 is 10.2 Å². The van der Waals surface area contributed by atoms with Gasteiger partial charge in [-0.15, -0.1) is 0 Å². The number of benzene rings is 1. The summed E-state index contributed by atoms with van der Waals surface area (Å²) in [5, 5.41) is 3.18. The molecule has 0 aromatic heterocycles. The van der Waals surface area contributed by atoms with E-state index in [9.17, 15) is 0 Å². The van der Waals surface area contributed by atoms with Crippen molar-refractivity contribution in [3.63, 3.8) is 0 Å². The summed E-state index contributed by atoms with van der Waals surface area (Å²) in [6.07, 6.45) is 2.78. The van der Waals surface area contributed by atoms with Crippen LogP contribution in [0, 0.1) is 0 Å². The van der Waals surface area contributed by atoms with Gasteiger partial charge in [0.1, 0.15) is 0 Å². The van der Waals surface area contributed by atoms with Crippen LogP contribution in [-0.4, -0.2) is 32.8 Å². The molecule has 0 radical (unpaired) electrons. The second kappa shape index (κ2) is 7.27. The van der Waals surface area contributed by atoms with Gasteiger partial charge < -0.3 is 15.0 Å². The molecule has 4 heteroatoms. The first-order valence-electron chi connectivity index (χ1n) is 7.04. The number of anilines is 1. The number of nitrogens with one attached hydrogen (secondary N) is 1. The number of piperidine rings is 1. The van der Waals surface area contributed by atoms with Crippen LogP contribution in [0.15, 0.2) is 22.7 Å². The van der Waals surface area contributed by atoms with Crippen molar-refractivity contribution in [3.05, 3.63) is 28.2 Å². The molecule has 1 N–H and O–H groups in total. The molecule has 0 aliphatic carbocycles. The van der Waals surface area contributed by atoms with E-state index in [0.717, 1.165) is 26.2 Å². The Morgan fingerprint density at radius 1 is 1.47 bits per heavy atom. The lowest BCUT2D eigenvalue weighted by molar-refractivity contribution is 0.0527. The molecule has 1 fully saturated rings. The Balaban J connectivity index is 2.06. The molecule has 1 heterocycles. The molecule has 1 aliphatic heterocycles. The summed E-state index contributed by atoms with van der Waals surface area (Å²) >= 11 is 3.66. The van der Waals surface area contributed by atoms with Gasteiger partial charge in [-0.05, 0) is 44.5 Å². The lowest BCUT2D eigenvalue weighted by Crippen LogP contribution is -2.39. The van der Waals surface area contributed by atoms with E-state index in [-0.39, 0.29) is 0 Å². The van der Waals surface area contributed by atoms with Crippen LogP contribution in [0.2, 0.25) is 0 Å². The molecule has 1 aromatic rings. The SMILES string of the molecule is CCOC1CCCN(c2ccc(CNC)c(Br)c2)C1. The second-order valence-corrected chi connectivity index (χ2v) is 5.83. The normalized spacial score (nSPS) is 19.7. The number of ether oxygens (including phenoxy) is 1. The maximum Gasteiger partial charge on any atom is 0.0750 e. The van der Waals surface area contributed by atoms with Gasteiger partial charge in [-0.25, -0.2) is 0 Å². The van der Waals surface area contributed by atoms with E-state index in [1.54, 1.807) is 0 Å². The first-order chi connectivity index (χ1) is 9.24. The summed E-state index contributed by atoms with van der Waals surface area (Å²) in [7, 11) is 1.97. The second-order valence-electron chi connectivity index (χ2n) is 4.97. The summed E-state index contributed by atoms with van der Waals surface area (Å²) in [5.74, 6) is 0.